The van der Waals surface area contributed by atoms with Crippen LogP contribution >= 0.6 is 0 Å². The average Bonchev–Trinajstić information content (AvgIpc) is 2.92. The van der Waals surface area contributed by atoms with Crippen LogP contribution in [0.2, 0.25) is 0 Å². The van der Waals surface area contributed by atoms with E-state index in [9.17, 15) is 18.0 Å². The summed E-state index contributed by atoms with van der Waals surface area (Å²) < 4.78 is 40.6. The van der Waals surface area contributed by atoms with Gasteiger partial charge in [-0.15, -0.1) is 5.11 Å². The van der Waals surface area contributed by atoms with Crippen molar-refractivity contribution in [3.8, 4) is 5.69 Å². The molecule has 1 heterocycles. The van der Waals surface area contributed by atoms with Gasteiger partial charge in [0.2, 0.25) is 0 Å². The van der Waals surface area contributed by atoms with Crippen molar-refractivity contribution in [1.82, 2.24) is 9.78 Å². The molecule has 0 fully saturated rings. The molecule has 0 spiro atoms. The van der Waals surface area contributed by atoms with Crippen molar-refractivity contribution in [2.75, 3.05) is 0 Å². The minimum Gasteiger partial charge on any atom is -0.284 e. The highest BCUT2D eigenvalue weighted by molar-refractivity contribution is 5.46. The number of rotatable bonds is 3. The Morgan fingerprint density at radius 1 is 0.960 bits per heavy atom. The first-order valence-corrected chi connectivity index (χ1v) is 7.32. The third-order valence-electron chi connectivity index (χ3n) is 3.46. The first kappa shape index (κ1) is 16.7. The van der Waals surface area contributed by atoms with Gasteiger partial charge in [0.1, 0.15) is 0 Å². The highest BCUT2D eigenvalue weighted by Gasteiger charge is 2.38. The van der Waals surface area contributed by atoms with E-state index in [0.29, 0.717) is 5.69 Å². The maximum atomic E-state index is 13.3. The maximum Gasteiger partial charge on any atom is 0.435 e. The SMILES string of the molecule is Cc1ccc(N=Nc2c(C(F)(F)F)[nH]n(-c3ccccc3)c2=O)cc1. The van der Waals surface area contributed by atoms with Gasteiger partial charge in [0.05, 0.1) is 11.4 Å². The number of aryl methyl sites for hydroxylation is 1. The minimum absolute atomic E-state index is 0.273. The van der Waals surface area contributed by atoms with E-state index >= 15 is 0 Å². The molecule has 2 aromatic carbocycles. The van der Waals surface area contributed by atoms with Gasteiger partial charge < -0.3 is 0 Å². The smallest absolute Gasteiger partial charge is 0.284 e. The number of hydrogen-bond acceptors (Lipinski definition) is 3. The van der Waals surface area contributed by atoms with Crippen LogP contribution in [0.5, 0.6) is 0 Å². The molecule has 0 aliphatic carbocycles. The summed E-state index contributed by atoms with van der Waals surface area (Å²) >= 11 is 0. The summed E-state index contributed by atoms with van der Waals surface area (Å²) in [5.74, 6) is 0. The van der Waals surface area contributed by atoms with Gasteiger partial charge >= 0.3 is 6.18 Å². The van der Waals surface area contributed by atoms with E-state index in [1.54, 1.807) is 42.5 Å². The molecule has 0 radical (unpaired) electrons. The molecule has 0 amide bonds. The lowest BCUT2D eigenvalue weighted by Gasteiger charge is -2.04. The van der Waals surface area contributed by atoms with Gasteiger partial charge in [0.25, 0.3) is 5.56 Å². The first-order valence-electron chi connectivity index (χ1n) is 7.32. The summed E-state index contributed by atoms with van der Waals surface area (Å²) in [5.41, 5.74) is -1.34. The summed E-state index contributed by atoms with van der Waals surface area (Å²) in [6.07, 6.45) is -4.76. The Labute approximate surface area is 140 Å². The molecule has 1 aromatic heterocycles. The highest BCUT2D eigenvalue weighted by Crippen LogP contribution is 2.34. The van der Waals surface area contributed by atoms with Crippen LogP contribution in [0.3, 0.4) is 0 Å². The number of azo groups is 1. The number of alkyl halides is 3. The quantitative estimate of drug-likeness (QED) is 0.673. The minimum atomic E-state index is -4.76. The van der Waals surface area contributed by atoms with Crippen molar-refractivity contribution >= 4 is 11.4 Å². The van der Waals surface area contributed by atoms with Crippen molar-refractivity contribution in [2.45, 2.75) is 13.1 Å². The second kappa shape index (κ2) is 6.39. The van der Waals surface area contributed by atoms with Crippen LogP contribution in [0.15, 0.2) is 69.6 Å². The van der Waals surface area contributed by atoms with Crippen LogP contribution in [-0.2, 0) is 6.18 Å². The standard InChI is InChI=1S/C17H13F3N4O/c1-11-7-9-12(10-8-11)21-22-14-15(17(18,19)20)23-24(16(14)25)13-5-3-2-4-6-13/h2-10,23H,1H3. The van der Waals surface area contributed by atoms with Crippen LogP contribution in [0.4, 0.5) is 24.5 Å². The van der Waals surface area contributed by atoms with Crippen LogP contribution in [0.25, 0.3) is 5.69 Å². The molecule has 0 saturated carbocycles. The number of benzene rings is 2. The molecule has 8 heteroatoms. The number of aromatic nitrogens is 2. The van der Waals surface area contributed by atoms with E-state index < -0.39 is 23.1 Å². The van der Waals surface area contributed by atoms with Gasteiger partial charge in [-0.05, 0) is 31.2 Å². The number of para-hydroxylation sites is 1. The van der Waals surface area contributed by atoms with Crippen molar-refractivity contribution in [1.29, 1.82) is 0 Å². The average molecular weight is 346 g/mol. The fourth-order valence-corrected chi connectivity index (χ4v) is 2.20. The monoisotopic (exact) mass is 346 g/mol. The molecule has 0 aliphatic rings. The molecular formula is C17H13F3N4O. The fourth-order valence-electron chi connectivity index (χ4n) is 2.20. The summed E-state index contributed by atoms with van der Waals surface area (Å²) in [6, 6.07) is 14.7. The Hall–Kier alpha value is -3.16. The summed E-state index contributed by atoms with van der Waals surface area (Å²) in [6.45, 7) is 1.87. The molecule has 0 saturated heterocycles. The van der Waals surface area contributed by atoms with Crippen LogP contribution in [0, 0.1) is 6.92 Å². The molecule has 0 bridgehead atoms. The second-order valence-electron chi connectivity index (χ2n) is 5.34. The third kappa shape index (κ3) is 3.52. The lowest BCUT2D eigenvalue weighted by Crippen LogP contribution is -2.13. The molecule has 25 heavy (non-hydrogen) atoms. The van der Waals surface area contributed by atoms with Gasteiger partial charge in [0.15, 0.2) is 11.4 Å². The van der Waals surface area contributed by atoms with E-state index in [2.05, 4.69) is 15.3 Å². The molecule has 0 unspecified atom stereocenters. The van der Waals surface area contributed by atoms with Crippen LogP contribution in [0.1, 0.15) is 11.3 Å². The topological polar surface area (TPSA) is 62.5 Å². The van der Waals surface area contributed by atoms with Crippen molar-refractivity contribution in [3.05, 3.63) is 76.2 Å². The van der Waals surface area contributed by atoms with Gasteiger partial charge in [-0.3, -0.25) is 9.89 Å². The summed E-state index contributed by atoms with van der Waals surface area (Å²) in [4.78, 5) is 12.4. The predicted octanol–water partition coefficient (Wildman–Crippen LogP) is 4.91. The van der Waals surface area contributed by atoms with Gasteiger partial charge in [0, 0.05) is 0 Å². The molecule has 0 atom stereocenters. The molecule has 1 N–H and O–H groups in total. The zero-order valence-corrected chi connectivity index (χ0v) is 13.1. The van der Waals surface area contributed by atoms with E-state index in [0.717, 1.165) is 10.2 Å². The Balaban J connectivity index is 2.10. The van der Waals surface area contributed by atoms with Crippen molar-refractivity contribution in [2.24, 2.45) is 10.2 Å². The normalized spacial score (nSPS) is 12.0. The molecule has 128 valence electrons. The zero-order valence-electron chi connectivity index (χ0n) is 13.1. The van der Waals surface area contributed by atoms with Crippen LogP contribution in [-0.4, -0.2) is 9.78 Å². The van der Waals surface area contributed by atoms with E-state index in [1.165, 1.54) is 12.1 Å². The van der Waals surface area contributed by atoms with E-state index in [4.69, 9.17) is 0 Å². The molecule has 0 aliphatic heterocycles. The molecule has 5 nitrogen and oxygen atoms in total. The number of nitrogens with one attached hydrogen (secondary N) is 1. The third-order valence-corrected chi connectivity index (χ3v) is 3.46. The largest absolute Gasteiger partial charge is 0.435 e. The lowest BCUT2D eigenvalue weighted by molar-refractivity contribution is -0.140. The number of H-pyrrole nitrogens is 1. The predicted molar refractivity (Wildman–Crippen MR) is 86.7 cm³/mol. The number of nitrogens with zero attached hydrogens (tertiary/aromatic N) is 3. The highest BCUT2D eigenvalue weighted by atomic mass is 19.4. The summed E-state index contributed by atoms with van der Waals surface area (Å²) in [5, 5.41) is 9.39. The van der Waals surface area contributed by atoms with E-state index in [1.807, 2.05) is 6.92 Å². The fraction of sp³-hybridized carbons (Fsp3) is 0.118. The number of aromatic amines is 1. The lowest BCUT2D eigenvalue weighted by atomic mass is 10.2. The Kier molecular flexibility index (Phi) is 4.26. The molecule has 3 rings (SSSR count). The maximum absolute atomic E-state index is 13.3. The second-order valence-corrected chi connectivity index (χ2v) is 5.34. The van der Waals surface area contributed by atoms with Crippen LogP contribution < -0.4 is 5.56 Å². The summed E-state index contributed by atoms with van der Waals surface area (Å²) in [7, 11) is 0. The number of hydrogen-bond donors (Lipinski definition) is 1. The Morgan fingerprint density at radius 2 is 1.60 bits per heavy atom. The number of halogens is 3. The first-order chi connectivity index (χ1) is 11.9. The zero-order chi connectivity index (χ0) is 18.0. The van der Waals surface area contributed by atoms with Crippen molar-refractivity contribution < 1.29 is 13.2 Å². The van der Waals surface area contributed by atoms with Crippen molar-refractivity contribution in [3.63, 3.8) is 0 Å². The Morgan fingerprint density at radius 3 is 2.20 bits per heavy atom. The van der Waals surface area contributed by atoms with Gasteiger partial charge in [-0.25, -0.2) is 4.68 Å². The molecular weight excluding hydrogens is 333 g/mol. The van der Waals surface area contributed by atoms with Gasteiger partial charge in [-0.1, -0.05) is 35.9 Å². The Bertz CT molecular complexity index is 954. The van der Waals surface area contributed by atoms with E-state index in [-0.39, 0.29) is 5.69 Å². The van der Waals surface area contributed by atoms with Gasteiger partial charge in [-0.2, -0.15) is 18.3 Å². The molecule has 3 aromatic rings.